The van der Waals surface area contributed by atoms with Gasteiger partial charge in [-0.2, -0.15) is 15.0 Å². The molecular formula is C14H18ClN5S. The molecule has 0 radical (unpaired) electrons. The summed E-state index contributed by atoms with van der Waals surface area (Å²) in [5, 5.41) is 2.33. The Morgan fingerprint density at radius 1 is 1.24 bits per heavy atom. The van der Waals surface area contributed by atoms with Gasteiger partial charge in [0.15, 0.2) is 0 Å². The molecule has 0 saturated carbocycles. The van der Waals surface area contributed by atoms with Crippen molar-refractivity contribution in [3.63, 3.8) is 0 Å². The highest BCUT2D eigenvalue weighted by molar-refractivity contribution is 7.09. The van der Waals surface area contributed by atoms with Crippen LogP contribution in [0.25, 0.3) is 0 Å². The highest BCUT2D eigenvalue weighted by Crippen LogP contribution is 2.21. The summed E-state index contributed by atoms with van der Waals surface area (Å²) in [6.07, 6.45) is 3.65. The molecular weight excluding hydrogens is 306 g/mol. The zero-order valence-electron chi connectivity index (χ0n) is 12.0. The number of rotatable bonds is 4. The van der Waals surface area contributed by atoms with Crippen LogP contribution in [0.5, 0.6) is 0 Å². The van der Waals surface area contributed by atoms with Gasteiger partial charge in [0.1, 0.15) is 0 Å². The van der Waals surface area contributed by atoms with Crippen molar-refractivity contribution in [3.8, 4) is 0 Å². The molecule has 0 amide bonds. The first-order chi connectivity index (χ1) is 10.2. The van der Waals surface area contributed by atoms with Gasteiger partial charge in [-0.25, -0.2) is 0 Å². The zero-order valence-corrected chi connectivity index (χ0v) is 13.6. The predicted octanol–water partition coefficient (Wildman–Crippen LogP) is 3.21. The van der Waals surface area contributed by atoms with Crippen LogP contribution in [0.2, 0.25) is 5.28 Å². The first-order valence-electron chi connectivity index (χ1n) is 7.12. The van der Waals surface area contributed by atoms with Crippen LogP contribution in [0.4, 0.5) is 11.9 Å². The molecule has 0 unspecified atom stereocenters. The molecule has 0 atom stereocenters. The van der Waals surface area contributed by atoms with Crippen molar-refractivity contribution in [1.82, 2.24) is 15.0 Å². The average molecular weight is 324 g/mol. The SMILES string of the molecule is CN(Cc1cccs1)c1nc(Cl)nc(N2CCCCC2)n1. The minimum atomic E-state index is 0.263. The maximum absolute atomic E-state index is 6.08. The number of anilines is 2. The van der Waals surface area contributed by atoms with Gasteiger partial charge < -0.3 is 9.80 Å². The van der Waals surface area contributed by atoms with Crippen LogP contribution in [-0.2, 0) is 6.54 Å². The van der Waals surface area contributed by atoms with Gasteiger partial charge in [0.25, 0.3) is 0 Å². The van der Waals surface area contributed by atoms with E-state index in [1.54, 1.807) is 11.3 Å². The Morgan fingerprint density at radius 2 is 2.05 bits per heavy atom. The van der Waals surface area contributed by atoms with Crippen molar-refractivity contribution in [3.05, 3.63) is 27.7 Å². The number of thiophene rings is 1. The van der Waals surface area contributed by atoms with E-state index >= 15 is 0 Å². The standard InChI is InChI=1S/C14H18ClN5S/c1-19(10-11-6-5-9-21-11)13-16-12(15)17-14(18-13)20-7-3-2-4-8-20/h5-6,9H,2-4,7-8,10H2,1H3. The Labute approximate surface area is 133 Å². The molecule has 7 heteroatoms. The molecule has 1 fully saturated rings. The number of hydrogen-bond donors (Lipinski definition) is 0. The fourth-order valence-corrected chi connectivity index (χ4v) is 3.35. The topological polar surface area (TPSA) is 45.2 Å². The average Bonchev–Trinajstić information content (AvgIpc) is 3.00. The molecule has 3 rings (SSSR count). The van der Waals surface area contributed by atoms with Gasteiger partial charge >= 0.3 is 0 Å². The van der Waals surface area contributed by atoms with Gasteiger partial charge in [0.2, 0.25) is 17.2 Å². The second kappa shape index (κ2) is 6.58. The summed E-state index contributed by atoms with van der Waals surface area (Å²) in [7, 11) is 1.98. The van der Waals surface area contributed by atoms with Crippen LogP contribution in [0.1, 0.15) is 24.1 Å². The van der Waals surface area contributed by atoms with E-state index in [2.05, 4.69) is 31.3 Å². The molecule has 1 aliphatic rings. The Bertz CT molecular complexity index is 583. The van der Waals surface area contributed by atoms with Crippen molar-refractivity contribution in [2.24, 2.45) is 0 Å². The number of nitrogens with zero attached hydrogens (tertiary/aromatic N) is 5. The van der Waals surface area contributed by atoms with Gasteiger partial charge in [0, 0.05) is 25.0 Å². The van der Waals surface area contributed by atoms with Crippen LogP contribution < -0.4 is 9.80 Å². The first kappa shape index (κ1) is 14.5. The van der Waals surface area contributed by atoms with Crippen molar-refractivity contribution in [2.45, 2.75) is 25.8 Å². The fourth-order valence-electron chi connectivity index (χ4n) is 2.44. The highest BCUT2D eigenvalue weighted by atomic mass is 35.5. The molecule has 2 aromatic heterocycles. The van der Waals surface area contributed by atoms with E-state index in [0.717, 1.165) is 19.6 Å². The Balaban J connectivity index is 1.79. The minimum Gasteiger partial charge on any atom is -0.341 e. The van der Waals surface area contributed by atoms with Crippen molar-refractivity contribution >= 4 is 34.8 Å². The first-order valence-corrected chi connectivity index (χ1v) is 8.38. The minimum absolute atomic E-state index is 0.263. The maximum Gasteiger partial charge on any atom is 0.231 e. The zero-order chi connectivity index (χ0) is 14.7. The lowest BCUT2D eigenvalue weighted by atomic mass is 10.1. The third kappa shape index (κ3) is 3.63. The van der Waals surface area contributed by atoms with Gasteiger partial charge in [-0.05, 0) is 42.3 Å². The molecule has 2 aromatic rings. The van der Waals surface area contributed by atoms with Gasteiger partial charge in [-0.15, -0.1) is 11.3 Å². The fraction of sp³-hybridized carbons (Fsp3) is 0.500. The number of hydrogen-bond acceptors (Lipinski definition) is 6. The predicted molar refractivity (Wildman–Crippen MR) is 87.3 cm³/mol. The van der Waals surface area contributed by atoms with E-state index in [4.69, 9.17) is 11.6 Å². The summed E-state index contributed by atoms with van der Waals surface area (Å²) in [4.78, 5) is 18.6. The lowest BCUT2D eigenvalue weighted by molar-refractivity contribution is 0.567. The quantitative estimate of drug-likeness (QED) is 0.864. The third-order valence-electron chi connectivity index (χ3n) is 3.54. The molecule has 0 aliphatic carbocycles. The maximum atomic E-state index is 6.08. The monoisotopic (exact) mass is 323 g/mol. The molecule has 0 aromatic carbocycles. The van der Waals surface area contributed by atoms with E-state index in [-0.39, 0.29) is 5.28 Å². The molecule has 0 N–H and O–H groups in total. The summed E-state index contributed by atoms with van der Waals surface area (Å²) >= 11 is 7.81. The summed E-state index contributed by atoms with van der Waals surface area (Å²) in [6, 6.07) is 4.16. The highest BCUT2D eigenvalue weighted by Gasteiger charge is 2.17. The van der Waals surface area contributed by atoms with Gasteiger partial charge in [-0.3, -0.25) is 0 Å². The third-order valence-corrected chi connectivity index (χ3v) is 4.57. The number of aromatic nitrogens is 3. The molecule has 0 spiro atoms. The van der Waals surface area contributed by atoms with Crippen LogP contribution in [0, 0.1) is 0 Å². The lowest BCUT2D eigenvalue weighted by Gasteiger charge is -2.27. The summed E-state index contributed by atoms with van der Waals surface area (Å²) < 4.78 is 0. The normalized spacial score (nSPS) is 15.2. The van der Waals surface area contributed by atoms with Crippen LogP contribution in [0.15, 0.2) is 17.5 Å². The Morgan fingerprint density at radius 3 is 2.76 bits per heavy atom. The number of piperidine rings is 1. The molecule has 21 heavy (non-hydrogen) atoms. The van der Waals surface area contributed by atoms with Crippen molar-refractivity contribution in [2.75, 3.05) is 29.9 Å². The van der Waals surface area contributed by atoms with E-state index in [1.165, 1.54) is 24.1 Å². The smallest absolute Gasteiger partial charge is 0.231 e. The van der Waals surface area contributed by atoms with Gasteiger partial charge in [-0.1, -0.05) is 6.07 Å². The van der Waals surface area contributed by atoms with Crippen LogP contribution in [0.3, 0.4) is 0 Å². The van der Waals surface area contributed by atoms with Crippen LogP contribution in [-0.4, -0.2) is 35.1 Å². The van der Waals surface area contributed by atoms with E-state index < -0.39 is 0 Å². The largest absolute Gasteiger partial charge is 0.341 e. The summed E-state index contributed by atoms with van der Waals surface area (Å²) in [5.41, 5.74) is 0. The second-order valence-electron chi connectivity index (χ2n) is 5.19. The second-order valence-corrected chi connectivity index (χ2v) is 6.56. The van der Waals surface area contributed by atoms with E-state index in [9.17, 15) is 0 Å². The number of halogens is 1. The summed E-state index contributed by atoms with van der Waals surface area (Å²) in [6.45, 7) is 2.76. The molecule has 5 nitrogen and oxygen atoms in total. The van der Waals surface area contributed by atoms with E-state index in [1.807, 2.05) is 18.0 Å². The lowest BCUT2D eigenvalue weighted by Crippen LogP contribution is -2.32. The van der Waals surface area contributed by atoms with Crippen molar-refractivity contribution < 1.29 is 0 Å². The molecule has 3 heterocycles. The van der Waals surface area contributed by atoms with Crippen molar-refractivity contribution in [1.29, 1.82) is 0 Å². The molecule has 0 bridgehead atoms. The van der Waals surface area contributed by atoms with Crippen LogP contribution >= 0.6 is 22.9 Å². The molecule has 1 saturated heterocycles. The molecule has 1 aliphatic heterocycles. The molecule has 112 valence electrons. The van der Waals surface area contributed by atoms with E-state index in [0.29, 0.717) is 11.9 Å². The van der Waals surface area contributed by atoms with Gasteiger partial charge in [0.05, 0.1) is 6.54 Å². The Kier molecular flexibility index (Phi) is 4.55. The summed E-state index contributed by atoms with van der Waals surface area (Å²) in [5.74, 6) is 1.33. The Hall–Kier alpha value is -1.40.